The maximum atomic E-state index is 11.5. The highest BCUT2D eigenvalue weighted by Gasteiger charge is 2.08. The summed E-state index contributed by atoms with van der Waals surface area (Å²) in [7, 11) is -2.94. The zero-order valence-electron chi connectivity index (χ0n) is 14.3. The van der Waals surface area contributed by atoms with E-state index < -0.39 is 9.84 Å². The molecule has 0 aliphatic heterocycles. The van der Waals surface area contributed by atoms with Crippen molar-refractivity contribution in [1.82, 2.24) is 10.6 Å². The molecule has 21 heavy (non-hydrogen) atoms. The van der Waals surface area contributed by atoms with Crippen LogP contribution in [0.3, 0.4) is 0 Å². The average molecular weight is 320 g/mol. The first-order valence-corrected chi connectivity index (χ1v) is 9.88. The summed E-state index contributed by atoms with van der Waals surface area (Å²) in [5, 5.41) is 6.50. The maximum absolute atomic E-state index is 11.5. The van der Waals surface area contributed by atoms with Crippen LogP contribution in [0.25, 0.3) is 0 Å². The van der Waals surface area contributed by atoms with Gasteiger partial charge in [-0.25, -0.2) is 8.42 Å². The van der Waals surface area contributed by atoms with Gasteiger partial charge in [-0.1, -0.05) is 33.6 Å². The SMILES string of the molecule is CCNC(=NCCS(=O)(=O)CC)NC(C)CCCC(C)C. The van der Waals surface area contributed by atoms with Crippen molar-refractivity contribution in [2.75, 3.05) is 24.6 Å². The lowest BCUT2D eigenvalue weighted by atomic mass is 10.0. The number of guanidine groups is 1. The minimum atomic E-state index is -2.94. The summed E-state index contributed by atoms with van der Waals surface area (Å²) in [5.41, 5.74) is 0. The van der Waals surface area contributed by atoms with E-state index in [1.807, 2.05) is 6.92 Å². The van der Waals surface area contributed by atoms with Crippen LogP contribution in [0, 0.1) is 5.92 Å². The Morgan fingerprint density at radius 1 is 1.14 bits per heavy atom. The summed E-state index contributed by atoms with van der Waals surface area (Å²) in [6.07, 6.45) is 3.51. The molecule has 2 N–H and O–H groups in total. The van der Waals surface area contributed by atoms with Crippen LogP contribution in [-0.2, 0) is 9.84 Å². The molecule has 0 radical (unpaired) electrons. The molecule has 0 saturated heterocycles. The van der Waals surface area contributed by atoms with Gasteiger partial charge in [0.2, 0.25) is 0 Å². The largest absolute Gasteiger partial charge is 0.357 e. The molecule has 1 unspecified atom stereocenters. The first-order valence-electron chi connectivity index (χ1n) is 8.06. The molecule has 0 fully saturated rings. The molecular weight excluding hydrogens is 286 g/mol. The molecule has 6 heteroatoms. The first-order chi connectivity index (χ1) is 9.80. The quantitative estimate of drug-likeness (QED) is 0.478. The Hall–Kier alpha value is -0.780. The van der Waals surface area contributed by atoms with E-state index >= 15 is 0 Å². The fourth-order valence-electron chi connectivity index (χ4n) is 1.90. The van der Waals surface area contributed by atoms with Crippen LogP contribution in [0.4, 0.5) is 0 Å². The highest BCUT2D eigenvalue weighted by Crippen LogP contribution is 2.08. The van der Waals surface area contributed by atoms with Crippen molar-refractivity contribution in [3.63, 3.8) is 0 Å². The number of nitrogens with zero attached hydrogens (tertiary/aromatic N) is 1. The lowest BCUT2D eigenvalue weighted by Crippen LogP contribution is -2.42. The van der Waals surface area contributed by atoms with Crippen LogP contribution in [0.15, 0.2) is 4.99 Å². The molecule has 0 aromatic carbocycles. The van der Waals surface area contributed by atoms with Gasteiger partial charge in [0.15, 0.2) is 15.8 Å². The fourth-order valence-corrected chi connectivity index (χ4v) is 2.56. The Morgan fingerprint density at radius 3 is 2.33 bits per heavy atom. The lowest BCUT2D eigenvalue weighted by molar-refractivity contribution is 0.491. The van der Waals surface area contributed by atoms with E-state index in [1.54, 1.807) is 6.92 Å². The van der Waals surface area contributed by atoms with Gasteiger partial charge in [-0.2, -0.15) is 0 Å². The van der Waals surface area contributed by atoms with Crippen LogP contribution in [0.5, 0.6) is 0 Å². The number of sulfone groups is 1. The molecule has 0 aliphatic carbocycles. The number of hydrogen-bond acceptors (Lipinski definition) is 3. The van der Waals surface area contributed by atoms with Crippen LogP contribution < -0.4 is 10.6 Å². The van der Waals surface area contributed by atoms with Crippen molar-refractivity contribution in [1.29, 1.82) is 0 Å². The van der Waals surface area contributed by atoms with Crippen molar-refractivity contribution in [2.45, 2.75) is 59.9 Å². The van der Waals surface area contributed by atoms with Crippen molar-refractivity contribution < 1.29 is 8.42 Å². The van der Waals surface area contributed by atoms with Crippen LogP contribution in [0.2, 0.25) is 0 Å². The Kier molecular flexibility index (Phi) is 10.5. The Bertz CT molecular complexity index is 392. The maximum Gasteiger partial charge on any atom is 0.191 e. The number of aliphatic imine (C=N–C) groups is 1. The second kappa shape index (κ2) is 10.9. The predicted molar refractivity (Wildman–Crippen MR) is 91.6 cm³/mol. The van der Waals surface area contributed by atoms with Gasteiger partial charge >= 0.3 is 0 Å². The normalized spacial score (nSPS) is 14.3. The number of rotatable bonds is 10. The van der Waals surface area contributed by atoms with E-state index in [4.69, 9.17) is 0 Å². The molecule has 0 aromatic rings. The van der Waals surface area contributed by atoms with Crippen LogP contribution >= 0.6 is 0 Å². The second-order valence-electron chi connectivity index (χ2n) is 5.87. The summed E-state index contributed by atoms with van der Waals surface area (Å²) in [4.78, 5) is 4.35. The lowest BCUT2D eigenvalue weighted by Gasteiger charge is -2.18. The highest BCUT2D eigenvalue weighted by atomic mass is 32.2. The minimum absolute atomic E-state index is 0.113. The molecule has 0 heterocycles. The van der Waals surface area contributed by atoms with Crippen molar-refractivity contribution in [3.8, 4) is 0 Å². The van der Waals surface area contributed by atoms with Gasteiger partial charge in [-0.05, 0) is 26.2 Å². The Balaban J connectivity index is 4.27. The summed E-state index contributed by atoms with van der Waals surface area (Å²) < 4.78 is 22.9. The number of hydrogen-bond donors (Lipinski definition) is 2. The average Bonchev–Trinajstić information content (AvgIpc) is 2.38. The van der Waals surface area contributed by atoms with Gasteiger partial charge in [-0.3, -0.25) is 4.99 Å². The summed E-state index contributed by atoms with van der Waals surface area (Å²) >= 11 is 0. The van der Waals surface area contributed by atoms with E-state index in [0.717, 1.165) is 18.9 Å². The molecule has 0 saturated carbocycles. The van der Waals surface area contributed by atoms with Gasteiger partial charge in [0.05, 0.1) is 12.3 Å². The molecule has 0 aromatic heterocycles. The Labute approximate surface area is 130 Å². The van der Waals surface area contributed by atoms with Crippen LogP contribution in [-0.4, -0.2) is 45.0 Å². The Morgan fingerprint density at radius 2 is 1.81 bits per heavy atom. The summed E-state index contributed by atoms with van der Waals surface area (Å²) in [5.74, 6) is 1.74. The van der Waals surface area contributed by atoms with E-state index in [-0.39, 0.29) is 11.5 Å². The van der Waals surface area contributed by atoms with E-state index in [2.05, 4.69) is 36.4 Å². The highest BCUT2D eigenvalue weighted by molar-refractivity contribution is 7.91. The monoisotopic (exact) mass is 319 g/mol. The van der Waals surface area contributed by atoms with Gasteiger partial charge in [-0.15, -0.1) is 0 Å². The van der Waals surface area contributed by atoms with Crippen LogP contribution in [0.1, 0.15) is 53.9 Å². The van der Waals surface area contributed by atoms with Gasteiger partial charge < -0.3 is 10.6 Å². The zero-order valence-corrected chi connectivity index (χ0v) is 15.1. The molecule has 0 rings (SSSR count). The standard InChI is InChI=1S/C15H33N3O2S/c1-6-16-15(17-11-12-21(19,20)7-2)18-14(5)10-8-9-13(3)4/h13-14H,6-12H2,1-5H3,(H2,16,17,18). The van der Waals surface area contributed by atoms with Gasteiger partial charge in [0.25, 0.3) is 0 Å². The second-order valence-corrected chi connectivity index (χ2v) is 8.34. The molecular formula is C15H33N3O2S. The molecule has 126 valence electrons. The third kappa shape index (κ3) is 11.5. The van der Waals surface area contributed by atoms with Crippen molar-refractivity contribution >= 4 is 15.8 Å². The van der Waals surface area contributed by atoms with E-state index in [1.165, 1.54) is 12.8 Å². The van der Waals surface area contributed by atoms with Gasteiger partial charge in [0.1, 0.15) is 0 Å². The topological polar surface area (TPSA) is 70.6 Å². The molecule has 1 atom stereocenters. The third-order valence-electron chi connectivity index (χ3n) is 3.26. The van der Waals surface area contributed by atoms with E-state index in [0.29, 0.717) is 18.5 Å². The third-order valence-corrected chi connectivity index (χ3v) is 4.94. The predicted octanol–water partition coefficient (Wildman–Crippen LogP) is 2.19. The molecule has 0 spiro atoms. The van der Waals surface area contributed by atoms with E-state index in [9.17, 15) is 8.42 Å². The smallest absolute Gasteiger partial charge is 0.191 e. The van der Waals surface area contributed by atoms with Crippen molar-refractivity contribution in [2.24, 2.45) is 10.9 Å². The summed E-state index contributed by atoms with van der Waals surface area (Å²) in [6, 6.07) is 0.337. The first kappa shape index (κ1) is 20.2. The minimum Gasteiger partial charge on any atom is -0.357 e. The number of nitrogens with one attached hydrogen (secondary N) is 2. The van der Waals surface area contributed by atoms with Crippen molar-refractivity contribution in [3.05, 3.63) is 0 Å². The summed E-state index contributed by atoms with van der Waals surface area (Å²) in [6.45, 7) is 11.4. The molecule has 5 nitrogen and oxygen atoms in total. The van der Waals surface area contributed by atoms with Gasteiger partial charge in [0, 0.05) is 18.3 Å². The molecule has 0 bridgehead atoms. The fraction of sp³-hybridized carbons (Fsp3) is 0.933. The molecule has 0 amide bonds. The molecule has 0 aliphatic rings. The zero-order chi connectivity index (χ0) is 16.3.